The molecule has 2 rings (SSSR count). The van der Waals surface area contributed by atoms with Crippen LogP contribution in [-0.4, -0.2) is 17.6 Å². The standard InChI is InChI=1S/C14H12FNO2/c1-2-18-14(17)13-8-5-11(9-16-13)10-3-6-12(15)7-4-10/h3-9H,2H2,1H3. The molecule has 0 aliphatic rings. The van der Waals surface area contributed by atoms with Gasteiger partial charge in [0.25, 0.3) is 0 Å². The van der Waals surface area contributed by atoms with Gasteiger partial charge in [-0.1, -0.05) is 18.2 Å². The number of esters is 1. The fraction of sp³-hybridized carbons (Fsp3) is 0.143. The Morgan fingerprint density at radius 1 is 1.17 bits per heavy atom. The van der Waals surface area contributed by atoms with Crippen LogP contribution in [0, 0.1) is 5.82 Å². The van der Waals surface area contributed by atoms with E-state index in [4.69, 9.17) is 4.74 Å². The molecule has 0 radical (unpaired) electrons. The van der Waals surface area contributed by atoms with Gasteiger partial charge in [-0.05, 0) is 30.7 Å². The summed E-state index contributed by atoms with van der Waals surface area (Å²) in [5.41, 5.74) is 1.94. The Bertz CT molecular complexity index is 535. The third kappa shape index (κ3) is 2.71. The van der Waals surface area contributed by atoms with Gasteiger partial charge in [0.05, 0.1) is 6.61 Å². The van der Waals surface area contributed by atoms with Gasteiger partial charge in [-0.15, -0.1) is 0 Å². The molecular formula is C14H12FNO2. The monoisotopic (exact) mass is 245 g/mol. The van der Waals surface area contributed by atoms with Gasteiger partial charge in [0.1, 0.15) is 11.5 Å². The molecule has 0 aliphatic heterocycles. The SMILES string of the molecule is CCOC(=O)c1ccc(-c2ccc(F)cc2)cn1. The Balaban J connectivity index is 2.22. The summed E-state index contributed by atoms with van der Waals surface area (Å²) in [7, 11) is 0. The van der Waals surface area contributed by atoms with E-state index in [9.17, 15) is 9.18 Å². The van der Waals surface area contributed by atoms with Crippen molar-refractivity contribution in [3.63, 3.8) is 0 Å². The maximum atomic E-state index is 12.8. The number of halogens is 1. The number of carbonyl (C=O) groups is 1. The van der Waals surface area contributed by atoms with Crippen molar-refractivity contribution in [3.05, 3.63) is 54.1 Å². The third-order valence-corrected chi connectivity index (χ3v) is 2.43. The lowest BCUT2D eigenvalue weighted by molar-refractivity contribution is 0.0519. The highest BCUT2D eigenvalue weighted by Gasteiger charge is 2.07. The van der Waals surface area contributed by atoms with Crippen molar-refractivity contribution in [3.8, 4) is 11.1 Å². The first-order valence-electron chi connectivity index (χ1n) is 5.60. The summed E-state index contributed by atoms with van der Waals surface area (Å²) in [5, 5.41) is 0. The van der Waals surface area contributed by atoms with E-state index in [1.807, 2.05) is 0 Å². The molecule has 0 bridgehead atoms. The molecule has 92 valence electrons. The zero-order chi connectivity index (χ0) is 13.0. The molecule has 18 heavy (non-hydrogen) atoms. The molecule has 2 aromatic rings. The fourth-order valence-electron chi connectivity index (χ4n) is 1.53. The smallest absolute Gasteiger partial charge is 0.356 e. The summed E-state index contributed by atoms with van der Waals surface area (Å²) in [6.45, 7) is 2.06. The quantitative estimate of drug-likeness (QED) is 0.780. The number of ether oxygens (including phenoxy) is 1. The Morgan fingerprint density at radius 3 is 2.39 bits per heavy atom. The van der Waals surface area contributed by atoms with Crippen LogP contribution < -0.4 is 0 Å². The number of nitrogens with zero attached hydrogens (tertiary/aromatic N) is 1. The van der Waals surface area contributed by atoms with E-state index in [1.165, 1.54) is 12.1 Å². The first-order valence-corrected chi connectivity index (χ1v) is 5.60. The van der Waals surface area contributed by atoms with Crippen LogP contribution in [0.15, 0.2) is 42.6 Å². The van der Waals surface area contributed by atoms with Crippen LogP contribution in [0.4, 0.5) is 4.39 Å². The zero-order valence-electron chi connectivity index (χ0n) is 9.89. The molecule has 0 spiro atoms. The summed E-state index contributed by atoms with van der Waals surface area (Å²) < 4.78 is 17.6. The molecule has 0 fully saturated rings. The number of aromatic nitrogens is 1. The second-order valence-electron chi connectivity index (χ2n) is 3.66. The molecule has 4 heteroatoms. The lowest BCUT2D eigenvalue weighted by Gasteiger charge is -2.03. The van der Waals surface area contributed by atoms with E-state index in [0.717, 1.165) is 11.1 Å². The van der Waals surface area contributed by atoms with Gasteiger partial charge in [0, 0.05) is 11.8 Å². The van der Waals surface area contributed by atoms with E-state index >= 15 is 0 Å². The summed E-state index contributed by atoms with van der Waals surface area (Å²) in [4.78, 5) is 15.4. The fourth-order valence-corrected chi connectivity index (χ4v) is 1.53. The minimum atomic E-state index is -0.442. The molecule has 0 atom stereocenters. The minimum Gasteiger partial charge on any atom is -0.461 e. The van der Waals surface area contributed by atoms with E-state index in [1.54, 1.807) is 37.4 Å². The second-order valence-corrected chi connectivity index (χ2v) is 3.66. The van der Waals surface area contributed by atoms with Gasteiger partial charge in [-0.25, -0.2) is 14.2 Å². The van der Waals surface area contributed by atoms with Crippen molar-refractivity contribution in [2.75, 3.05) is 6.61 Å². The van der Waals surface area contributed by atoms with Crippen LogP contribution in [0.25, 0.3) is 11.1 Å². The molecule has 0 N–H and O–H groups in total. The van der Waals surface area contributed by atoms with Gasteiger partial charge in [0.2, 0.25) is 0 Å². The largest absolute Gasteiger partial charge is 0.461 e. The molecule has 0 unspecified atom stereocenters. The molecule has 1 aromatic carbocycles. The van der Waals surface area contributed by atoms with Crippen molar-refractivity contribution in [2.24, 2.45) is 0 Å². The van der Waals surface area contributed by atoms with Crippen molar-refractivity contribution in [1.29, 1.82) is 0 Å². The number of hydrogen-bond acceptors (Lipinski definition) is 3. The Morgan fingerprint density at radius 2 is 1.83 bits per heavy atom. The molecule has 0 amide bonds. The van der Waals surface area contributed by atoms with Gasteiger partial charge in [0.15, 0.2) is 0 Å². The Kier molecular flexibility index (Phi) is 3.67. The molecule has 1 aromatic heterocycles. The van der Waals surface area contributed by atoms with Crippen LogP contribution in [-0.2, 0) is 4.74 Å². The summed E-state index contributed by atoms with van der Waals surface area (Å²) >= 11 is 0. The minimum absolute atomic E-state index is 0.266. The van der Waals surface area contributed by atoms with Crippen LogP contribution in [0.1, 0.15) is 17.4 Å². The zero-order valence-corrected chi connectivity index (χ0v) is 9.89. The third-order valence-electron chi connectivity index (χ3n) is 2.43. The number of benzene rings is 1. The maximum absolute atomic E-state index is 12.8. The van der Waals surface area contributed by atoms with Gasteiger partial charge >= 0.3 is 5.97 Å². The number of hydrogen-bond donors (Lipinski definition) is 0. The first kappa shape index (κ1) is 12.2. The van der Waals surface area contributed by atoms with E-state index in [0.29, 0.717) is 6.61 Å². The summed E-state index contributed by atoms with van der Waals surface area (Å²) in [6, 6.07) is 9.44. The van der Waals surface area contributed by atoms with Crippen molar-refractivity contribution < 1.29 is 13.9 Å². The van der Waals surface area contributed by atoms with Crippen molar-refractivity contribution in [2.45, 2.75) is 6.92 Å². The normalized spacial score (nSPS) is 10.1. The van der Waals surface area contributed by atoms with E-state index < -0.39 is 5.97 Å². The van der Waals surface area contributed by atoms with Gasteiger partial charge in [-0.3, -0.25) is 0 Å². The number of carbonyl (C=O) groups excluding carboxylic acids is 1. The maximum Gasteiger partial charge on any atom is 0.356 e. The molecule has 0 aliphatic carbocycles. The summed E-state index contributed by atoms with van der Waals surface area (Å²) in [5.74, 6) is -0.724. The van der Waals surface area contributed by atoms with Crippen molar-refractivity contribution in [1.82, 2.24) is 4.98 Å². The second kappa shape index (κ2) is 5.40. The van der Waals surface area contributed by atoms with Gasteiger partial charge < -0.3 is 4.74 Å². The molecule has 1 heterocycles. The Hall–Kier alpha value is -2.23. The number of pyridine rings is 1. The Labute approximate surface area is 104 Å². The summed E-state index contributed by atoms with van der Waals surface area (Å²) in [6.07, 6.45) is 1.57. The molecule has 0 saturated heterocycles. The average Bonchev–Trinajstić information content (AvgIpc) is 2.40. The first-order chi connectivity index (χ1) is 8.70. The van der Waals surface area contributed by atoms with Crippen LogP contribution in [0.3, 0.4) is 0 Å². The predicted octanol–water partition coefficient (Wildman–Crippen LogP) is 3.06. The highest BCUT2D eigenvalue weighted by molar-refractivity contribution is 5.87. The molecular weight excluding hydrogens is 233 g/mol. The average molecular weight is 245 g/mol. The van der Waals surface area contributed by atoms with Gasteiger partial charge in [-0.2, -0.15) is 0 Å². The number of rotatable bonds is 3. The molecule has 0 saturated carbocycles. The highest BCUT2D eigenvalue weighted by Crippen LogP contribution is 2.18. The predicted molar refractivity (Wildman–Crippen MR) is 65.6 cm³/mol. The van der Waals surface area contributed by atoms with Crippen LogP contribution >= 0.6 is 0 Å². The van der Waals surface area contributed by atoms with E-state index in [-0.39, 0.29) is 11.5 Å². The van der Waals surface area contributed by atoms with E-state index in [2.05, 4.69) is 4.98 Å². The highest BCUT2D eigenvalue weighted by atomic mass is 19.1. The molecule has 3 nitrogen and oxygen atoms in total. The topological polar surface area (TPSA) is 39.2 Å². The lowest BCUT2D eigenvalue weighted by Crippen LogP contribution is -2.06. The lowest BCUT2D eigenvalue weighted by atomic mass is 10.1. The van der Waals surface area contributed by atoms with Crippen LogP contribution in [0.2, 0.25) is 0 Å². The van der Waals surface area contributed by atoms with Crippen molar-refractivity contribution >= 4 is 5.97 Å². The van der Waals surface area contributed by atoms with Crippen LogP contribution in [0.5, 0.6) is 0 Å².